The van der Waals surface area contributed by atoms with E-state index in [9.17, 15) is 4.79 Å². The van der Waals surface area contributed by atoms with E-state index in [-0.39, 0.29) is 6.03 Å². The Morgan fingerprint density at radius 3 is 2.64 bits per heavy atom. The van der Waals surface area contributed by atoms with Gasteiger partial charge in [-0.2, -0.15) is 0 Å². The highest BCUT2D eigenvalue weighted by molar-refractivity contribution is 7.11. The number of methoxy groups -OCH3 is 2. The fourth-order valence-corrected chi connectivity index (χ4v) is 2.93. The molecule has 2 amide bonds. The van der Waals surface area contributed by atoms with E-state index >= 15 is 0 Å². The molecule has 22 heavy (non-hydrogen) atoms. The molecule has 2 aromatic rings. The number of benzene rings is 1. The summed E-state index contributed by atoms with van der Waals surface area (Å²) in [6.07, 6.45) is 0. The molecule has 0 fully saturated rings. The summed E-state index contributed by atoms with van der Waals surface area (Å²) in [5.74, 6) is 1.05. The number of rotatable bonds is 5. The molecular formula is C15H19N3O3S. The van der Waals surface area contributed by atoms with Gasteiger partial charge in [0.05, 0.1) is 37.2 Å². The molecule has 0 radical (unpaired) electrons. The highest BCUT2D eigenvalue weighted by Gasteiger charge is 2.12. The summed E-state index contributed by atoms with van der Waals surface area (Å²) >= 11 is 1.58. The highest BCUT2D eigenvalue weighted by atomic mass is 32.1. The molecule has 0 bridgehead atoms. The summed E-state index contributed by atoms with van der Waals surface area (Å²) in [6.45, 7) is 4.32. The first-order valence-corrected chi connectivity index (χ1v) is 7.55. The second kappa shape index (κ2) is 7.13. The van der Waals surface area contributed by atoms with Gasteiger partial charge in [0, 0.05) is 4.88 Å². The standard InChI is InChI=1S/C15H19N3O3S/c1-9-13(22-10(2)17-9)8-16-15(19)18-11-6-5-7-12(20-3)14(11)21-4/h5-7H,8H2,1-4H3,(H2,16,18,19). The van der Waals surface area contributed by atoms with Gasteiger partial charge in [-0.1, -0.05) is 6.07 Å². The summed E-state index contributed by atoms with van der Waals surface area (Å²) < 4.78 is 10.5. The highest BCUT2D eigenvalue weighted by Crippen LogP contribution is 2.34. The summed E-state index contributed by atoms with van der Waals surface area (Å²) in [7, 11) is 3.08. The minimum Gasteiger partial charge on any atom is -0.493 e. The average Bonchev–Trinajstić information content (AvgIpc) is 2.82. The number of amides is 2. The van der Waals surface area contributed by atoms with Crippen molar-refractivity contribution in [3.63, 3.8) is 0 Å². The zero-order valence-electron chi connectivity index (χ0n) is 13.0. The van der Waals surface area contributed by atoms with Crippen molar-refractivity contribution < 1.29 is 14.3 Å². The predicted octanol–water partition coefficient (Wildman–Crippen LogP) is 3.10. The molecule has 2 N–H and O–H groups in total. The first kappa shape index (κ1) is 16.1. The number of aromatic nitrogens is 1. The number of ether oxygens (including phenoxy) is 2. The minimum atomic E-state index is -0.308. The van der Waals surface area contributed by atoms with Crippen LogP contribution in [0.15, 0.2) is 18.2 Å². The average molecular weight is 321 g/mol. The van der Waals surface area contributed by atoms with Crippen molar-refractivity contribution in [1.29, 1.82) is 0 Å². The van der Waals surface area contributed by atoms with Crippen molar-refractivity contribution in [2.45, 2.75) is 20.4 Å². The van der Waals surface area contributed by atoms with Crippen LogP contribution < -0.4 is 20.1 Å². The van der Waals surface area contributed by atoms with E-state index in [2.05, 4.69) is 15.6 Å². The quantitative estimate of drug-likeness (QED) is 0.887. The van der Waals surface area contributed by atoms with Crippen molar-refractivity contribution in [2.24, 2.45) is 0 Å². The Balaban J connectivity index is 2.02. The number of carbonyl (C=O) groups excluding carboxylic acids is 1. The topological polar surface area (TPSA) is 72.5 Å². The molecule has 0 unspecified atom stereocenters. The van der Waals surface area contributed by atoms with Crippen LogP contribution in [0.3, 0.4) is 0 Å². The smallest absolute Gasteiger partial charge is 0.319 e. The number of nitrogens with one attached hydrogen (secondary N) is 2. The maximum atomic E-state index is 12.0. The van der Waals surface area contributed by atoms with Crippen molar-refractivity contribution in [3.05, 3.63) is 33.8 Å². The Hall–Kier alpha value is -2.28. The maximum Gasteiger partial charge on any atom is 0.319 e. The molecule has 2 rings (SSSR count). The molecule has 118 valence electrons. The second-order valence-corrected chi connectivity index (χ2v) is 5.88. The van der Waals surface area contributed by atoms with Gasteiger partial charge in [0.1, 0.15) is 0 Å². The fourth-order valence-electron chi connectivity index (χ4n) is 2.05. The van der Waals surface area contributed by atoms with Crippen LogP contribution in [0.5, 0.6) is 11.5 Å². The number of anilines is 1. The summed E-state index contributed by atoms with van der Waals surface area (Å²) in [5, 5.41) is 6.57. The molecule has 1 aromatic carbocycles. The Bertz CT molecular complexity index is 670. The molecule has 0 aliphatic heterocycles. The van der Waals surface area contributed by atoms with Gasteiger partial charge in [-0.15, -0.1) is 11.3 Å². The first-order valence-electron chi connectivity index (χ1n) is 6.74. The molecule has 6 nitrogen and oxygen atoms in total. The van der Waals surface area contributed by atoms with Crippen LogP contribution in [0.25, 0.3) is 0 Å². The van der Waals surface area contributed by atoms with Gasteiger partial charge >= 0.3 is 6.03 Å². The number of nitrogens with zero attached hydrogens (tertiary/aromatic N) is 1. The third kappa shape index (κ3) is 3.67. The van der Waals surface area contributed by atoms with E-state index in [1.54, 1.807) is 36.6 Å². The SMILES string of the molecule is COc1cccc(NC(=O)NCc2sc(C)nc2C)c1OC. The van der Waals surface area contributed by atoms with E-state index in [1.165, 1.54) is 7.11 Å². The van der Waals surface area contributed by atoms with Crippen LogP contribution in [0.2, 0.25) is 0 Å². The number of hydrogen-bond acceptors (Lipinski definition) is 5. The third-order valence-electron chi connectivity index (χ3n) is 3.06. The van der Waals surface area contributed by atoms with Crippen molar-refractivity contribution in [1.82, 2.24) is 10.3 Å². The molecule has 1 heterocycles. The van der Waals surface area contributed by atoms with E-state index < -0.39 is 0 Å². The van der Waals surface area contributed by atoms with Crippen LogP contribution in [-0.4, -0.2) is 25.2 Å². The largest absolute Gasteiger partial charge is 0.493 e. The zero-order valence-corrected chi connectivity index (χ0v) is 13.8. The van der Waals surface area contributed by atoms with Gasteiger partial charge < -0.3 is 20.1 Å². The maximum absolute atomic E-state index is 12.0. The number of carbonyl (C=O) groups is 1. The van der Waals surface area contributed by atoms with Crippen LogP contribution in [0.4, 0.5) is 10.5 Å². The van der Waals surface area contributed by atoms with Gasteiger partial charge in [0.2, 0.25) is 0 Å². The number of aryl methyl sites for hydroxylation is 2. The summed E-state index contributed by atoms with van der Waals surface area (Å²) in [4.78, 5) is 17.4. The summed E-state index contributed by atoms with van der Waals surface area (Å²) in [5.41, 5.74) is 1.50. The normalized spacial score (nSPS) is 10.2. The van der Waals surface area contributed by atoms with Crippen LogP contribution >= 0.6 is 11.3 Å². The number of thiazole rings is 1. The van der Waals surface area contributed by atoms with E-state index in [4.69, 9.17) is 9.47 Å². The fraction of sp³-hybridized carbons (Fsp3) is 0.333. The van der Waals surface area contributed by atoms with Crippen molar-refractivity contribution in [2.75, 3.05) is 19.5 Å². The lowest BCUT2D eigenvalue weighted by Gasteiger charge is -2.13. The number of hydrogen-bond donors (Lipinski definition) is 2. The van der Waals surface area contributed by atoms with E-state index in [1.807, 2.05) is 13.8 Å². The van der Waals surface area contributed by atoms with Gasteiger partial charge in [-0.25, -0.2) is 9.78 Å². The number of urea groups is 1. The molecule has 0 saturated carbocycles. The number of para-hydroxylation sites is 1. The molecule has 0 aliphatic rings. The molecule has 0 atom stereocenters. The lowest BCUT2D eigenvalue weighted by atomic mass is 10.2. The van der Waals surface area contributed by atoms with Gasteiger partial charge in [0.25, 0.3) is 0 Å². The zero-order chi connectivity index (χ0) is 16.1. The molecule has 1 aromatic heterocycles. The van der Waals surface area contributed by atoms with E-state index in [0.29, 0.717) is 23.7 Å². The van der Waals surface area contributed by atoms with Gasteiger partial charge in [-0.3, -0.25) is 0 Å². The molecule has 0 saturated heterocycles. The molecular weight excluding hydrogens is 302 g/mol. The Kier molecular flexibility index (Phi) is 5.21. The Morgan fingerprint density at radius 2 is 2.05 bits per heavy atom. The Morgan fingerprint density at radius 1 is 1.27 bits per heavy atom. The lowest BCUT2D eigenvalue weighted by Crippen LogP contribution is -2.28. The third-order valence-corrected chi connectivity index (χ3v) is 4.13. The molecule has 0 aliphatic carbocycles. The monoisotopic (exact) mass is 321 g/mol. The van der Waals surface area contributed by atoms with Gasteiger partial charge in [0.15, 0.2) is 11.5 Å². The van der Waals surface area contributed by atoms with Crippen molar-refractivity contribution >= 4 is 23.1 Å². The van der Waals surface area contributed by atoms with Crippen LogP contribution in [0.1, 0.15) is 15.6 Å². The van der Waals surface area contributed by atoms with Crippen LogP contribution in [0, 0.1) is 13.8 Å². The lowest BCUT2D eigenvalue weighted by molar-refractivity contribution is 0.251. The van der Waals surface area contributed by atoms with Crippen LogP contribution in [-0.2, 0) is 6.54 Å². The molecule has 0 spiro atoms. The van der Waals surface area contributed by atoms with Crippen molar-refractivity contribution in [3.8, 4) is 11.5 Å². The van der Waals surface area contributed by atoms with Gasteiger partial charge in [-0.05, 0) is 26.0 Å². The first-order chi connectivity index (χ1) is 10.5. The second-order valence-electron chi connectivity index (χ2n) is 4.59. The van der Waals surface area contributed by atoms with E-state index in [0.717, 1.165) is 15.6 Å². The summed E-state index contributed by atoms with van der Waals surface area (Å²) in [6, 6.07) is 5.00. The Labute approximate surface area is 133 Å². The predicted molar refractivity (Wildman–Crippen MR) is 87.0 cm³/mol. The molecule has 7 heteroatoms. The minimum absolute atomic E-state index is 0.308.